The molecule has 40 heavy (non-hydrogen) atoms. The Morgan fingerprint density at radius 3 is 2.45 bits per heavy atom. The second-order valence-corrected chi connectivity index (χ2v) is 11.4. The van der Waals surface area contributed by atoms with E-state index in [9.17, 15) is 9.59 Å². The number of thioether (sulfide) groups is 1. The van der Waals surface area contributed by atoms with Gasteiger partial charge in [0.05, 0.1) is 19.1 Å². The van der Waals surface area contributed by atoms with E-state index in [0.29, 0.717) is 18.1 Å². The van der Waals surface area contributed by atoms with Gasteiger partial charge in [-0.25, -0.2) is 0 Å². The number of carbonyl (C=O) groups is 2. The van der Waals surface area contributed by atoms with E-state index in [4.69, 9.17) is 14.3 Å². The van der Waals surface area contributed by atoms with Crippen LogP contribution < -0.4 is 10.1 Å². The molecule has 214 valence electrons. The van der Waals surface area contributed by atoms with Crippen molar-refractivity contribution in [3.05, 3.63) is 71.5 Å². The number of nitrogens with zero attached hydrogens (tertiary/aromatic N) is 1. The third-order valence-corrected chi connectivity index (χ3v) is 8.14. The molecule has 1 aliphatic rings. The number of hydrogen-bond acceptors (Lipinski definition) is 6. The Kier molecular flexibility index (Phi) is 10.6. The second kappa shape index (κ2) is 14.3. The number of aryl methyl sites for hydroxylation is 1. The summed E-state index contributed by atoms with van der Waals surface area (Å²) < 4.78 is 12.1. The van der Waals surface area contributed by atoms with Gasteiger partial charge >= 0.3 is 5.97 Å². The minimum atomic E-state index is -0.918. The predicted molar refractivity (Wildman–Crippen MR) is 161 cm³/mol. The first kappa shape index (κ1) is 29.6. The van der Waals surface area contributed by atoms with Gasteiger partial charge in [-0.15, -0.1) is 0 Å². The van der Waals surface area contributed by atoms with Crippen molar-refractivity contribution in [2.45, 2.75) is 51.5 Å². The standard InChI is InChI=1S/C32H40N2O5S/c1-22-28(21-29(39-22)23-11-15-27(16-12-23)38-19-20-40-3)31(24-7-5-4-6-8-24)33-26-13-9-25(10-14-26)32(37)34(2)18-17-30(35)36/h9-16,21,24,31,33H,4-8,17-20H2,1-3H3,(H,35,36). The molecule has 2 aromatic carbocycles. The van der Waals surface area contributed by atoms with Crippen molar-refractivity contribution in [1.29, 1.82) is 0 Å². The van der Waals surface area contributed by atoms with Crippen molar-refractivity contribution in [3.8, 4) is 17.1 Å². The van der Waals surface area contributed by atoms with Gasteiger partial charge in [-0.1, -0.05) is 19.3 Å². The lowest BCUT2D eigenvalue weighted by molar-refractivity contribution is -0.137. The number of amides is 1. The summed E-state index contributed by atoms with van der Waals surface area (Å²) in [5.41, 5.74) is 3.66. The predicted octanol–water partition coefficient (Wildman–Crippen LogP) is 7.28. The number of hydrogen-bond donors (Lipinski definition) is 2. The summed E-state index contributed by atoms with van der Waals surface area (Å²) in [5.74, 6) is 2.94. The molecule has 1 amide bonds. The molecule has 0 saturated heterocycles. The van der Waals surface area contributed by atoms with Crippen LogP contribution in [0.3, 0.4) is 0 Å². The van der Waals surface area contributed by atoms with Crippen LogP contribution in [-0.2, 0) is 4.79 Å². The molecule has 1 unspecified atom stereocenters. The number of carboxylic acids is 1. The molecule has 1 saturated carbocycles. The maximum absolute atomic E-state index is 12.7. The molecule has 8 heteroatoms. The highest BCUT2D eigenvalue weighted by atomic mass is 32.2. The average Bonchev–Trinajstić information content (AvgIpc) is 3.36. The van der Waals surface area contributed by atoms with Crippen LogP contribution in [0, 0.1) is 12.8 Å². The van der Waals surface area contributed by atoms with Crippen LogP contribution in [0.5, 0.6) is 5.75 Å². The molecule has 4 rings (SSSR count). The van der Waals surface area contributed by atoms with Crippen LogP contribution >= 0.6 is 11.8 Å². The van der Waals surface area contributed by atoms with Gasteiger partial charge in [-0.3, -0.25) is 9.59 Å². The Bertz CT molecular complexity index is 1250. The first-order valence-electron chi connectivity index (χ1n) is 14.0. The van der Waals surface area contributed by atoms with E-state index in [1.54, 1.807) is 30.9 Å². The molecule has 0 bridgehead atoms. The van der Waals surface area contributed by atoms with Gasteiger partial charge in [-0.05, 0) is 86.5 Å². The van der Waals surface area contributed by atoms with Crippen LogP contribution in [-0.4, -0.2) is 54.1 Å². The highest BCUT2D eigenvalue weighted by Gasteiger charge is 2.28. The molecule has 1 heterocycles. The Morgan fingerprint density at radius 2 is 1.80 bits per heavy atom. The minimum absolute atomic E-state index is 0.0763. The van der Waals surface area contributed by atoms with Crippen LogP contribution in [0.2, 0.25) is 0 Å². The number of anilines is 1. The normalized spacial score (nSPS) is 14.5. The second-order valence-electron chi connectivity index (χ2n) is 10.5. The van der Waals surface area contributed by atoms with Crippen LogP contribution in [0.1, 0.15) is 66.2 Å². The lowest BCUT2D eigenvalue weighted by atomic mass is 9.81. The monoisotopic (exact) mass is 564 g/mol. The average molecular weight is 565 g/mol. The third kappa shape index (κ3) is 7.84. The number of rotatable bonds is 13. The van der Waals surface area contributed by atoms with Gasteiger partial charge in [-0.2, -0.15) is 11.8 Å². The van der Waals surface area contributed by atoms with Crippen LogP contribution in [0.25, 0.3) is 11.3 Å². The Balaban J connectivity index is 1.51. The highest BCUT2D eigenvalue weighted by molar-refractivity contribution is 7.98. The first-order chi connectivity index (χ1) is 19.4. The fraction of sp³-hybridized carbons (Fsp3) is 0.438. The van der Waals surface area contributed by atoms with Crippen LogP contribution in [0.4, 0.5) is 5.69 Å². The molecule has 0 aliphatic heterocycles. The van der Waals surface area contributed by atoms with E-state index in [-0.39, 0.29) is 24.9 Å². The van der Waals surface area contributed by atoms with E-state index in [2.05, 4.69) is 17.6 Å². The summed E-state index contributed by atoms with van der Waals surface area (Å²) in [6.07, 6.45) is 8.03. The van der Waals surface area contributed by atoms with Gasteiger partial charge in [0.1, 0.15) is 17.3 Å². The molecule has 0 radical (unpaired) electrons. The minimum Gasteiger partial charge on any atom is -0.493 e. The van der Waals surface area contributed by atoms with Crippen molar-refractivity contribution in [2.24, 2.45) is 5.92 Å². The lowest BCUT2D eigenvalue weighted by Gasteiger charge is -2.31. The topological polar surface area (TPSA) is 92.0 Å². The fourth-order valence-corrected chi connectivity index (χ4v) is 5.55. The number of nitrogens with one attached hydrogen (secondary N) is 1. The summed E-state index contributed by atoms with van der Waals surface area (Å²) >= 11 is 1.76. The number of furan rings is 1. The summed E-state index contributed by atoms with van der Waals surface area (Å²) in [7, 11) is 1.63. The van der Waals surface area contributed by atoms with E-state index in [0.717, 1.165) is 52.7 Å². The number of aliphatic carboxylic acids is 1. The molecular weight excluding hydrogens is 524 g/mol. The Morgan fingerprint density at radius 1 is 1.10 bits per heavy atom. The molecular formula is C32H40N2O5S. The molecule has 2 N–H and O–H groups in total. The summed E-state index contributed by atoms with van der Waals surface area (Å²) in [6, 6.07) is 17.8. The molecule has 3 aromatic rings. The summed E-state index contributed by atoms with van der Waals surface area (Å²) in [5, 5.41) is 12.7. The number of benzene rings is 2. The SMILES string of the molecule is CSCCOc1ccc(-c2cc(C(Nc3ccc(C(=O)N(C)CCC(=O)O)cc3)C3CCCCC3)c(C)o2)cc1. The number of carbonyl (C=O) groups excluding carboxylic acids is 1. The van der Waals surface area contributed by atoms with Gasteiger partial charge in [0.25, 0.3) is 5.91 Å². The smallest absolute Gasteiger partial charge is 0.305 e. The fourth-order valence-electron chi connectivity index (χ4n) is 5.30. The van der Waals surface area contributed by atoms with Crippen molar-refractivity contribution < 1.29 is 23.8 Å². The van der Waals surface area contributed by atoms with Crippen molar-refractivity contribution in [3.63, 3.8) is 0 Å². The molecule has 0 spiro atoms. The van der Waals surface area contributed by atoms with E-state index < -0.39 is 5.97 Å². The zero-order chi connectivity index (χ0) is 28.5. The first-order valence-corrected chi connectivity index (χ1v) is 15.4. The van der Waals surface area contributed by atoms with E-state index in [1.807, 2.05) is 43.3 Å². The zero-order valence-electron chi connectivity index (χ0n) is 23.7. The van der Waals surface area contributed by atoms with Gasteiger partial charge < -0.3 is 24.5 Å². The lowest BCUT2D eigenvalue weighted by Crippen LogP contribution is -2.29. The highest BCUT2D eigenvalue weighted by Crippen LogP contribution is 2.40. The Labute approximate surface area is 241 Å². The third-order valence-electron chi connectivity index (χ3n) is 7.57. The summed E-state index contributed by atoms with van der Waals surface area (Å²) in [6.45, 7) is 2.90. The van der Waals surface area contributed by atoms with Gasteiger partial charge in [0, 0.05) is 41.7 Å². The quantitative estimate of drug-likeness (QED) is 0.211. The van der Waals surface area contributed by atoms with Crippen LogP contribution in [0.15, 0.2) is 59.0 Å². The van der Waals surface area contributed by atoms with Crippen molar-refractivity contribution >= 4 is 29.3 Å². The van der Waals surface area contributed by atoms with Crippen molar-refractivity contribution in [1.82, 2.24) is 4.90 Å². The van der Waals surface area contributed by atoms with E-state index in [1.165, 1.54) is 24.2 Å². The summed E-state index contributed by atoms with van der Waals surface area (Å²) in [4.78, 5) is 25.0. The van der Waals surface area contributed by atoms with Crippen molar-refractivity contribution in [2.75, 3.05) is 37.5 Å². The maximum Gasteiger partial charge on any atom is 0.305 e. The molecule has 1 atom stereocenters. The molecule has 7 nitrogen and oxygen atoms in total. The number of carboxylic acid groups (broad SMARTS) is 1. The van der Waals surface area contributed by atoms with Gasteiger partial charge in [0.2, 0.25) is 0 Å². The molecule has 1 fully saturated rings. The maximum atomic E-state index is 12.7. The Hall–Kier alpha value is -3.39. The molecule has 1 aliphatic carbocycles. The molecule has 1 aromatic heterocycles. The zero-order valence-corrected chi connectivity index (χ0v) is 24.5. The van der Waals surface area contributed by atoms with Gasteiger partial charge in [0.15, 0.2) is 0 Å². The largest absolute Gasteiger partial charge is 0.493 e. The number of ether oxygens (including phenoxy) is 1. The van der Waals surface area contributed by atoms with E-state index >= 15 is 0 Å².